The molecule has 3 aromatic heterocycles. The highest BCUT2D eigenvalue weighted by atomic mass is 35.5. The largest absolute Gasteiger partial charge is 0.309 e. The van der Waals surface area contributed by atoms with Crippen molar-refractivity contribution >= 4 is 33.2 Å². The summed E-state index contributed by atoms with van der Waals surface area (Å²) in [5.74, 6) is 0.536. The molecule has 0 fully saturated rings. The van der Waals surface area contributed by atoms with Crippen LogP contribution in [0.15, 0.2) is 22.6 Å². The average Bonchev–Trinajstić information content (AvgIpc) is 3.12. The number of aromatic nitrogens is 4. The number of rotatable bonds is 4. The summed E-state index contributed by atoms with van der Waals surface area (Å²) in [6, 6.07) is 0. The van der Waals surface area contributed by atoms with Crippen LogP contribution in [0.1, 0.15) is 31.5 Å². The van der Waals surface area contributed by atoms with Crippen LogP contribution < -0.4 is 5.56 Å². The van der Waals surface area contributed by atoms with Gasteiger partial charge < -0.3 is 4.98 Å². The second-order valence-corrected chi connectivity index (χ2v) is 6.13. The Morgan fingerprint density at radius 2 is 2.29 bits per heavy atom. The number of nitrogens with zero attached hydrogens (tertiary/aromatic N) is 3. The predicted molar refractivity (Wildman–Crippen MR) is 86.0 cm³/mol. The second-order valence-electron chi connectivity index (χ2n) is 4.74. The minimum Gasteiger partial charge on any atom is -0.309 e. The van der Waals surface area contributed by atoms with Gasteiger partial charge in [0.15, 0.2) is 0 Å². The Balaban J connectivity index is 2.16. The van der Waals surface area contributed by atoms with Crippen molar-refractivity contribution in [3.8, 4) is 11.1 Å². The van der Waals surface area contributed by atoms with E-state index in [0.717, 1.165) is 24.1 Å². The second kappa shape index (κ2) is 5.61. The lowest BCUT2D eigenvalue weighted by Crippen LogP contribution is -2.12. The minimum atomic E-state index is -0.268. The van der Waals surface area contributed by atoms with Crippen molar-refractivity contribution in [2.75, 3.05) is 0 Å². The van der Waals surface area contributed by atoms with Crippen LogP contribution in [0, 0.1) is 0 Å². The molecule has 110 valence electrons. The van der Waals surface area contributed by atoms with E-state index in [1.54, 1.807) is 6.20 Å². The van der Waals surface area contributed by atoms with Crippen LogP contribution in [0.4, 0.5) is 0 Å². The molecular weight excluding hydrogens is 308 g/mol. The number of aryl methyl sites for hydroxylation is 1. The lowest BCUT2D eigenvalue weighted by Gasteiger charge is -2.05. The highest BCUT2D eigenvalue weighted by Gasteiger charge is 2.16. The maximum Gasteiger partial charge on any atom is 0.260 e. The van der Waals surface area contributed by atoms with Crippen LogP contribution in [0.3, 0.4) is 0 Å². The molecule has 21 heavy (non-hydrogen) atoms. The summed E-state index contributed by atoms with van der Waals surface area (Å²) >= 11 is 7.62. The molecule has 1 atom stereocenters. The number of alkyl halides is 1. The fourth-order valence-corrected chi connectivity index (χ4v) is 3.25. The highest BCUT2D eigenvalue weighted by molar-refractivity contribution is 7.17. The van der Waals surface area contributed by atoms with Gasteiger partial charge in [0.2, 0.25) is 0 Å². The number of thiophene rings is 1. The van der Waals surface area contributed by atoms with Gasteiger partial charge in [-0.25, -0.2) is 4.98 Å². The third-order valence-electron chi connectivity index (χ3n) is 3.39. The van der Waals surface area contributed by atoms with Crippen LogP contribution in [0.5, 0.6) is 0 Å². The number of fused-ring (bicyclic) bond motifs is 1. The molecule has 0 saturated carbocycles. The lowest BCUT2D eigenvalue weighted by molar-refractivity contribution is 0.660. The van der Waals surface area contributed by atoms with Crippen molar-refractivity contribution in [3.05, 3.63) is 34.0 Å². The van der Waals surface area contributed by atoms with E-state index >= 15 is 0 Å². The number of hydrogen-bond donors (Lipinski definition) is 1. The summed E-state index contributed by atoms with van der Waals surface area (Å²) in [5, 5.41) is 6.54. The van der Waals surface area contributed by atoms with Gasteiger partial charge in [-0.05, 0) is 13.3 Å². The van der Waals surface area contributed by atoms with Crippen molar-refractivity contribution in [1.82, 2.24) is 19.7 Å². The Labute approximate surface area is 130 Å². The first-order valence-corrected chi connectivity index (χ1v) is 8.14. The first-order valence-electron chi connectivity index (χ1n) is 6.82. The van der Waals surface area contributed by atoms with Gasteiger partial charge in [-0.1, -0.05) is 6.92 Å². The number of nitrogens with one attached hydrogen (secondary N) is 1. The zero-order valence-corrected chi connectivity index (χ0v) is 13.3. The van der Waals surface area contributed by atoms with Gasteiger partial charge in [-0.2, -0.15) is 5.10 Å². The molecule has 0 radical (unpaired) electrons. The molecule has 0 spiro atoms. The van der Waals surface area contributed by atoms with E-state index in [0.29, 0.717) is 16.0 Å². The molecule has 1 unspecified atom stereocenters. The smallest absolute Gasteiger partial charge is 0.260 e. The zero-order chi connectivity index (χ0) is 15.0. The van der Waals surface area contributed by atoms with Crippen LogP contribution in [-0.2, 0) is 6.54 Å². The third kappa shape index (κ3) is 2.49. The minimum absolute atomic E-state index is 0.144. The van der Waals surface area contributed by atoms with E-state index in [1.165, 1.54) is 11.3 Å². The number of halogens is 1. The SMILES string of the molecule is CCC(Cl)c1nc2scc(-c3cnn(CC)c3)c2c(=O)[nH]1. The first-order chi connectivity index (χ1) is 10.1. The highest BCUT2D eigenvalue weighted by Crippen LogP contribution is 2.31. The van der Waals surface area contributed by atoms with Gasteiger partial charge in [0, 0.05) is 29.2 Å². The van der Waals surface area contributed by atoms with E-state index in [4.69, 9.17) is 11.6 Å². The van der Waals surface area contributed by atoms with E-state index in [9.17, 15) is 4.79 Å². The van der Waals surface area contributed by atoms with Crippen LogP contribution in [0.2, 0.25) is 0 Å². The molecular formula is C14H15ClN4OS. The van der Waals surface area contributed by atoms with Gasteiger partial charge in [-0.15, -0.1) is 22.9 Å². The van der Waals surface area contributed by atoms with Crippen LogP contribution in [0.25, 0.3) is 21.3 Å². The Morgan fingerprint density at radius 3 is 2.95 bits per heavy atom. The van der Waals surface area contributed by atoms with E-state index in [1.807, 2.05) is 30.1 Å². The maximum absolute atomic E-state index is 12.4. The molecule has 0 saturated heterocycles. The topological polar surface area (TPSA) is 63.6 Å². The predicted octanol–water partition coefficient (Wildman–Crippen LogP) is 3.56. The van der Waals surface area contributed by atoms with Crippen molar-refractivity contribution < 1.29 is 0 Å². The Bertz CT molecular complexity index is 835. The van der Waals surface area contributed by atoms with Gasteiger partial charge in [0.25, 0.3) is 5.56 Å². The van der Waals surface area contributed by atoms with Crippen molar-refractivity contribution in [1.29, 1.82) is 0 Å². The van der Waals surface area contributed by atoms with Crippen molar-refractivity contribution in [3.63, 3.8) is 0 Å². The molecule has 3 aromatic rings. The average molecular weight is 323 g/mol. The molecule has 0 aliphatic rings. The third-order valence-corrected chi connectivity index (χ3v) is 4.77. The zero-order valence-electron chi connectivity index (χ0n) is 11.8. The fraction of sp³-hybridized carbons (Fsp3) is 0.357. The summed E-state index contributed by atoms with van der Waals surface area (Å²) in [6.07, 6.45) is 4.43. The summed E-state index contributed by atoms with van der Waals surface area (Å²) < 4.78 is 1.83. The number of aromatic amines is 1. The quantitative estimate of drug-likeness (QED) is 0.747. The molecule has 0 aliphatic carbocycles. The fourth-order valence-electron chi connectivity index (χ4n) is 2.20. The maximum atomic E-state index is 12.4. The monoisotopic (exact) mass is 322 g/mol. The molecule has 0 aliphatic heterocycles. The molecule has 1 N–H and O–H groups in total. The van der Waals surface area contributed by atoms with Gasteiger partial charge >= 0.3 is 0 Å². The van der Waals surface area contributed by atoms with Gasteiger partial charge in [0.05, 0.1) is 17.0 Å². The lowest BCUT2D eigenvalue weighted by atomic mass is 10.1. The van der Waals surface area contributed by atoms with E-state index in [2.05, 4.69) is 15.1 Å². The van der Waals surface area contributed by atoms with Crippen molar-refractivity contribution in [2.45, 2.75) is 32.2 Å². The molecule has 5 nitrogen and oxygen atoms in total. The Morgan fingerprint density at radius 1 is 1.48 bits per heavy atom. The molecule has 3 heterocycles. The Kier molecular flexibility index (Phi) is 3.82. The van der Waals surface area contributed by atoms with E-state index < -0.39 is 0 Å². The number of H-pyrrole nitrogens is 1. The molecule has 7 heteroatoms. The summed E-state index contributed by atoms with van der Waals surface area (Å²) in [4.78, 5) is 20.4. The van der Waals surface area contributed by atoms with Gasteiger partial charge in [0.1, 0.15) is 10.7 Å². The summed E-state index contributed by atoms with van der Waals surface area (Å²) in [7, 11) is 0. The molecule has 0 aromatic carbocycles. The van der Waals surface area contributed by atoms with Crippen LogP contribution in [-0.4, -0.2) is 19.7 Å². The van der Waals surface area contributed by atoms with Crippen LogP contribution >= 0.6 is 22.9 Å². The standard InChI is InChI=1S/C14H15ClN4OS/c1-3-10(15)12-17-13(20)11-9(7-21-14(11)18-12)8-5-16-19(4-2)6-8/h5-7,10H,3-4H2,1-2H3,(H,17,18,20). The normalized spacial score (nSPS) is 12.9. The number of hydrogen-bond acceptors (Lipinski definition) is 4. The summed E-state index contributed by atoms with van der Waals surface area (Å²) in [6.45, 7) is 4.78. The van der Waals surface area contributed by atoms with Gasteiger partial charge in [-0.3, -0.25) is 9.48 Å². The molecule has 0 amide bonds. The van der Waals surface area contributed by atoms with E-state index in [-0.39, 0.29) is 10.9 Å². The molecule has 0 bridgehead atoms. The first kappa shape index (κ1) is 14.3. The molecule has 3 rings (SSSR count). The Hall–Kier alpha value is -1.66. The van der Waals surface area contributed by atoms with Crippen molar-refractivity contribution in [2.24, 2.45) is 0 Å². The summed E-state index contributed by atoms with van der Waals surface area (Å²) in [5.41, 5.74) is 1.66.